The van der Waals surface area contributed by atoms with Gasteiger partial charge in [0.05, 0.1) is 19.7 Å². The van der Waals surface area contributed by atoms with Crippen molar-refractivity contribution in [3.8, 4) is 0 Å². The molecule has 1 aliphatic heterocycles. The normalized spacial score (nSPS) is 27.0. The molecule has 2 rings (SSSR count). The lowest BCUT2D eigenvalue weighted by Gasteiger charge is -2.14. The zero-order chi connectivity index (χ0) is 9.97. The highest BCUT2D eigenvalue weighted by molar-refractivity contribution is 4.83. The van der Waals surface area contributed by atoms with Gasteiger partial charge in [-0.15, -0.1) is 10.2 Å². The Kier molecular flexibility index (Phi) is 2.74. The van der Waals surface area contributed by atoms with Crippen LogP contribution in [0.15, 0.2) is 0 Å². The van der Waals surface area contributed by atoms with Crippen molar-refractivity contribution in [2.75, 3.05) is 6.61 Å². The summed E-state index contributed by atoms with van der Waals surface area (Å²) >= 11 is 0. The number of aryl methyl sites for hydroxylation is 1. The fourth-order valence-corrected chi connectivity index (χ4v) is 1.62. The molecule has 1 fully saturated rings. The van der Waals surface area contributed by atoms with Crippen molar-refractivity contribution in [2.45, 2.75) is 32.0 Å². The average Bonchev–Trinajstić information content (AvgIpc) is 2.72. The van der Waals surface area contributed by atoms with Gasteiger partial charge in [0.1, 0.15) is 0 Å². The Bertz CT molecular complexity index is 300. The second-order valence-electron chi connectivity index (χ2n) is 3.55. The molecule has 6 nitrogen and oxygen atoms in total. The number of hydrogen-bond donors (Lipinski definition) is 1. The SMILES string of the molecule is CC1OCCC1NCc1nnn(C)n1. The maximum absolute atomic E-state index is 5.43. The largest absolute Gasteiger partial charge is 0.377 e. The van der Waals surface area contributed by atoms with Crippen LogP contribution in [0.2, 0.25) is 0 Å². The van der Waals surface area contributed by atoms with Gasteiger partial charge in [-0.05, 0) is 18.6 Å². The predicted molar refractivity (Wildman–Crippen MR) is 49.5 cm³/mol. The number of nitrogens with zero attached hydrogens (tertiary/aromatic N) is 4. The highest BCUT2D eigenvalue weighted by Gasteiger charge is 2.23. The first-order valence-corrected chi connectivity index (χ1v) is 4.83. The Morgan fingerprint density at radius 2 is 2.50 bits per heavy atom. The van der Waals surface area contributed by atoms with E-state index in [-0.39, 0.29) is 6.10 Å². The fourth-order valence-electron chi connectivity index (χ4n) is 1.62. The van der Waals surface area contributed by atoms with Gasteiger partial charge in [-0.2, -0.15) is 4.80 Å². The number of aromatic nitrogens is 4. The zero-order valence-electron chi connectivity index (χ0n) is 8.47. The van der Waals surface area contributed by atoms with Crippen LogP contribution in [-0.2, 0) is 18.3 Å². The molecule has 1 aromatic heterocycles. The third-order valence-electron chi connectivity index (χ3n) is 2.45. The van der Waals surface area contributed by atoms with Gasteiger partial charge in [0.15, 0.2) is 5.82 Å². The molecule has 0 radical (unpaired) electrons. The molecule has 1 N–H and O–H groups in total. The molecule has 0 bridgehead atoms. The third kappa shape index (κ3) is 2.08. The van der Waals surface area contributed by atoms with E-state index in [0.717, 1.165) is 18.9 Å². The summed E-state index contributed by atoms with van der Waals surface area (Å²) in [5, 5.41) is 15.1. The number of ether oxygens (including phenoxy) is 1. The number of tetrazole rings is 1. The molecule has 78 valence electrons. The molecule has 1 aromatic rings. The molecular formula is C8H15N5O. The van der Waals surface area contributed by atoms with Crippen LogP contribution in [0.1, 0.15) is 19.2 Å². The Labute approximate surface area is 82.6 Å². The summed E-state index contributed by atoms with van der Waals surface area (Å²) in [4.78, 5) is 1.46. The predicted octanol–water partition coefficient (Wildman–Crippen LogP) is -0.523. The number of hydrogen-bond acceptors (Lipinski definition) is 5. The van der Waals surface area contributed by atoms with E-state index in [4.69, 9.17) is 4.74 Å². The molecule has 14 heavy (non-hydrogen) atoms. The third-order valence-corrected chi connectivity index (χ3v) is 2.45. The molecule has 2 unspecified atom stereocenters. The van der Waals surface area contributed by atoms with Gasteiger partial charge in [-0.25, -0.2) is 0 Å². The van der Waals surface area contributed by atoms with E-state index in [1.54, 1.807) is 7.05 Å². The molecule has 0 aromatic carbocycles. The summed E-state index contributed by atoms with van der Waals surface area (Å²) in [6.07, 6.45) is 1.34. The number of nitrogens with one attached hydrogen (secondary N) is 1. The summed E-state index contributed by atoms with van der Waals surface area (Å²) in [7, 11) is 1.76. The lowest BCUT2D eigenvalue weighted by atomic mass is 10.1. The summed E-state index contributed by atoms with van der Waals surface area (Å²) in [6, 6.07) is 0.416. The van der Waals surface area contributed by atoms with Crippen molar-refractivity contribution in [1.29, 1.82) is 0 Å². The first kappa shape index (κ1) is 9.54. The molecule has 0 amide bonds. The highest BCUT2D eigenvalue weighted by Crippen LogP contribution is 2.12. The van der Waals surface area contributed by atoms with Crippen LogP contribution in [-0.4, -0.2) is 39.0 Å². The van der Waals surface area contributed by atoms with Crippen molar-refractivity contribution in [2.24, 2.45) is 7.05 Å². The van der Waals surface area contributed by atoms with Crippen LogP contribution in [0.3, 0.4) is 0 Å². The lowest BCUT2D eigenvalue weighted by molar-refractivity contribution is 0.113. The van der Waals surface area contributed by atoms with E-state index in [9.17, 15) is 0 Å². The second-order valence-corrected chi connectivity index (χ2v) is 3.55. The molecule has 0 saturated carbocycles. The molecule has 1 saturated heterocycles. The molecule has 6 heteroatoms. The van der Waals surface area contributed by atoms with Crippen LogP contribution in [0, 0.1) is 0 Å². The van der Waals surface area contributed by atoms with Crippen molar-refractivity contribution in [3.63, 3.8) is 0 Å². The van der Waals surface area contributed by atoms with E-state index in [2.05, 4.69) is 27.7 Å². The van der Waals surface area contributed by atoms with Crippen molar-refractivity contribution < 1.29 is 4.74 Å². The minimum Gasteiger partial charge on any atom is -0.377 e. The molecule has 2 heterocycles. The van der Waals surface area contributed by atoms with Crippen LogP contribution in [0.25, 0.3) is 0 Å². The van der Waals surface area contributed by atoms with Crippen LogP contribution >= 0.6 is 0 Å². The summed E-state index contributed by atoms with van der Waals surface area (Å²) in [5.74, 6) is 0.728. The van der Waals surface area contributed by atoms with Gasteiger partial charge in [-0.3, -0.25) is 0 Å². The second kappa shape index (κ2) is 4.02. The Morgan fingerprint density at radius 3 is 3.07 bits per heavy atom. The fraction of sp³-hybridized carbons (Fsp3) is 0.875. The summed E-state index contributed by atoms with van der Waals surface area (Å²) in [6.45, 7) is 3.58. The number of rotatable bonds is 3. The van der Waals surface area contributed by atoms with Crippen molar-refractivity contribution in [3.05, 3.63) is 5.82 Å². The molecular weight excluding hydrogens is 182 g/mol. The maximum Gasteiger partial charge on any atom is 0.188 e. The van der Waals surface area contributed by atoms with E-state index in [0.29, 0.717) is 12.6 Å². The lowest BCUT2D eigenvalue weighted by Crippen LogP contribution is -2.34. The maximum atomic E-state index is 5.43. The van der Waals surface area contributed by atoms with Gasteiger partial charge < -0.3 is 10.1 Å². The summed E-state index contributed by atoms with van der Waals surface area (Å²) in [5.41, 5.74) is 0. The van der Waals surface area contributed by atoms with E-state index >= 15 is 0 Å². The average molecular weight is 197 g/mol. The quantitative estimate of drug-likeness (QED) is 0.706. The van der Waals surface area contributed by atoms with Gasteiger partial charge in [0.25, 0.3) is 0 Å². The molecule has 1 aliphatic rings. The molecule has 2 atom stereocenters. The van der Waals surface area contributed by atoms with Crippen LogP contribution in [0.5, 0.6) is 0 Å². The van der Waals surface area contributed by atoms with Crippen LogP contribution in [0.4, 0.5) is 0 Å². The van der Waals surface area contributed by atoms with E-state index in [1.165, 1.54) is 4.80 Å². The summed E-state index contributed by atoms with van der Waals surface area (Å²) < 4.78 is 5.43. The van der Waals surface area contributed by atoms with Crippen LogP contribution < -0.4 is 5.32 Å². The smallest absolute Gasteiger partial charge is 0.188 e. The first-order valence-electron chi connectivity index (χ1n) is 4.83. The highest BCUT2D eigenvalue weighted by atomic mass is 16.5. The van der Waals surface area contributed by atoms with Gasteiger partial charge >= 0.3 is 0 Å². The van der Waals surface area contributed by atoms with E-state index < -0.39 is 0 Å². The van der Waals surface area contributed by atoms with Gasteiger partial charge in [0, 0.05) is 12.6 Å². The van der Waals surface area contributed by atoms with Crippen molar-refractivity contribution in [1.82, 2.24) is 25.5 Å². The Morgan fingerprint density at radius 1 is 1.64 bits per heavy atom. The topological polar surface area (TPSA) is 64.9 Å². The molecule has 0 aliphatic carbocycles. The monoisotopic (exact) mass is 197 g/mol. The Balaban J connectivity index is 1.82. The standard InChI is InChI=1S/C8H15N5O/c1-6-7(3-4-14-6)9-5-8-10-12-13(2)11-8/h6-7,9H,3-5H2,1-2H3. The minimum atomic E-state index is 0.284. The molecule has 0 spiro atoms. The van der Waals surface area contributed by atoms with Gasteiger partial charge in [-0.1, -0.05) is 0 Å². The first-order chi connectivity index (χ1) is 6.75. The van der Waals surface area contributed by atoms with Gasteiger partial charge in [0.2, 0.25) is 0 Å². The minimum absolute atomic E-state index is 0.284. The van der Waals surface area contributed by atoms with Crippen molar-refractivity contribution >= 4 is 0 Å². The zero-order valence-corrected chi connectivity index (χ0v) is 8.47. The van der Waals surface area contributed by atoms with E-state index in [1.807, 2.05) is 0 Å². The Hall–Kier alpha value is -1.01.